The van der Waals surface area contributed by atoms with E-state index < -0.39 is 12.1 Å². The number of para-hydroxylation sites is 1. The lowest BCUT2D eigenvalue weighted by molar-refractivity contribution is -0.152. The molecule has 1 aromatic heterocycles. The van der Waals surface area contributed by atoms with Crippen molar-refractivity contribution >= 4 is 23.7 Å². The normalized spacial score (nSPS) is 22.0. The maximum absolute atomic E-state index is 12.4. The van der Waals surface area contributed by atoms with Gasteiger partial charge in [0.05, 0.1) is 24.5 Å². The van der Waals surface area contributed by atoms with Gasteiger partial charge in [-0.1, -0.05) is 18.2 Å². The Labute approximate surface area is 155 Å². The minimum atomic E-state index is -0.489. The first-order chi connectivity index (χ1) is 13.0. The minimum Gasteiger partial charge on any atom is -0.335 e. The molecule has 140 valence electrons. The molecular weight excluding hydrogens is 348 g/mol. The average Bonchev–Trinajstić information content (AvgIpc) is 3.28. The van der Waals surface area contributed by atoms with Crippen molar-refractivity contribution in [2.75, 3.05) is 25.5 Å². The highest BCUT2D eigenvalue weighted by Gasteiger charge is 2.44. The number of likely N-dealkylation sites (N-methyl/N-ethyl adjacent to an activating group) is 1. The van der Waals surface area contributed by atoms with Gasteiger partial charge in [-0.3, -0.25) is 14.9 Å². The molecule has 2 fully saturated rings. The summed E-state index contributed by atoms with van der Waals surface area (Å²) in [5.74, 6) is 0.358. The van der Waals surface area contributed by atoms with Gasteiger partial charge in [0.1, 0.15) is 11.9 Å². The number of anilines is 1. The zero-order valence-corrected chi connectivity index (χ0v) is 14.8. The molecule has 0 bridgehead atoms. The van der Waals surface area contributed by atoms with E-state index in [1.165, 1.54) is 4.90 Å². The van der Waals surface area contributed by atoms with E-state index in [4.69, 9.17) is 0 Å². The fourth-order valence-electron chi connectivity index (χ4n) is 3.59. The first-order valence-corrected chi connectivity index (χ1v) is 8.74. The Morgan fingerprint density at radius 2 is 1.96 bits per heavy atom. The van der Waals surface area contributed by atoms with Gasteiger partial charge in [-0.05, 0) is 18.6 Å². The van der Waals surface area contributed by atoms with Gasteiger partial charge in [0.2, 0.25) is 11.8 Å². The van der Waals surface area contributed by atoms with Crippen molar-refractivity contribution < 1.29 is 14.4 Å². The Morgan fingerprint density at radius 3 is 2.74 bits per heavy atom. The Kier molecular flexibility index (Phi) is 4.27. The van der Waals surface area contributed by atoms with E-state index in [1.807, 2.05) is 30.3 Å². The molecule has 1 aromatic carbocycles. The van der Waals surface area contributed by atoms with Gasteiger partial charge < -0.3 is 15.1 Å². The molecule has 2 aliphatic rings. The van der Waals surface area contributed by atoms with Crippen molar-refractivity contribution in [2.45, 2.75) is 18.5 Å². The molecule has 2 aromatic rings. The number of benzene rings is 1. The third-order valence-corrected chi connectivity index (χ3v) is 4.88. The molecule has 3 heterocycles. The molecule has 0 aliphatic carbocycles. The van der Waals surface area contributed by atoms with E-state index >= 15 is 0 Å². The molecule has 4 rings (SSSR count). The van der Waals surface area contributed by atoms with Crippen LogP contribution in [0.25, 0.3) is 5.69 Å². The van der Waals surface area contributed by atoms with Crippen molar-refractivity contribution in [1.29, 1.82) is 0 Å². The maximum Gasteiger partial charge on any atom is 0.320 e. The first-order valence-electron chi connectivity index (χ1n) is 8.74. The number of hydrogen-bond donors (Lipinski definition) is 2. The summed E-state index contributed by atoms with van der Waals surface area (Å²) in [7, 11) is 1.62. The molecule has 0 unspecified atom stereocenters. The number of hydrogen-bond acceptors (Lipinski definition) is 4. The Bertz CT molecular complexity index is 880. The van der Waals surface area contributed by atoms with Gasteiger partial charge in [0.15, 0.2) is 0 Å². The van der Waals surface area contributed by atoms with Gasteiger partial charge >= 0.3 is 6.03 Å². The number of fused-ring (bicyclic) bond motifs is 1. The molecule has 2 saturated heterocycles. The van der Waals surface area contributed by atoms with E-state index in [0.29, 0.717) is 18.8 Å². The summed E-state index contributed by atoms with van der Waals surface area (Å²) < 4.78 is 1.62. The van der Waals surface area contributed by atoms with Gasteiger partial charge in [-0.25, -0.2) is 9.48 Å². The zero-order chi connectivity index (χ0) is 19.0. The number of carbonyl (C=O) groups excluding carboxylic acids is 3. The molecule has 0 spiro atoms. The van der Waals surface area contributed by atoms with Crippen LogP contribution in [0.2, 0.25) is 0 Å². The van der Waals surface area contributed by atoms with Crippen molar-refractivity contribution in [3.05, 3.63) is 42.6 Å². The lowest BCUT2D eigenvalue weighted by Gasteiger charge is -2.33. The largest absolute Gasteiger partial charge is 0.335 e. The summed E-state index contributed by atoms with van der Waals surface area (Å²) in [5.41, 5.74) is 0.829. The number of nitrogens with zero attached hydrogens (tertiary/aromatic N) is 4. The smallest absolute Gasteiger partial charge is 0.320 e. The lowest BCUT2D eigenvalue weighted by Crippen LogP contribution is -2.55. The third kappa shape index (κ3) is 3.23. The molecule has 2 N–H and O–H groups in total. The number of rotatable bonds is 3. The molecule has 0 radical (unpaired) electrons. The average molecular weight is 368 g/mol. The second kappa shape index (κ2) is 6.75. The number of amides is 4. The predicted octanol–water partition coefficient (Wildman–Crippen LogP) is 0.435. The lowest BCUT2D eigenvalue weighted by atomic mass is 10.1. The van der Waals surface area contributed by atoms with Crippen LogP contribution in [0.4, 0.5) is 10.6 Å². The van der Waals surface area contributed by atoms with E-state index in [1.54, 1.807) is 28.9 Å². The van der Waals surface area contributed by atoms with Gasteiger partial charge in [0, 0.05) is 19.7 Å². The Morgan fingerprint density at radius 1 is 1.19 bits per heavy atom. The number of piperazine rings is 1. The summed E-state index contributed by atoms with van der Waals surface area (Å²) in [6, 6.07) is 10.00. The van der Waals surface area contributed by atoms with Gasteiger partial charge in [-0.2, -0.15) is 5.10 Å². The van der Waals surface area contributed by atoms with Crippen LogP contribution < -0.4 is 10.6 Å². The standard InChI is InChI=1S/C18H20N6O3/c1-22-11-16(25)23-10-12(9-14(23)17(22)26)20-18(27)21-15-7-8-19-24(15)13-5-3-2-4-6-13/h2-8,12,14H,9-11H2,1H3,(H2,20,21,27)/t12-,14+/m1/s1. The van der Waals surface area contributed by atoms with Crippen molar-refractivity contribution in [2.24, 2.45) is 0 Å². The quantitative estimate of drug-likeness (QED) is 0.821. The highest BCUT2D eigenvalue weighted by molar-refractivity contribution is 5.95. The van der Waals surface area contributed by atoms with Gasteiger partial charge in [-0.15, -0.1) is 0 Å². The monoisotopic (exact) mass is 368 g/mol. The molecule has 9 heteroatoms. The number of carbonyl (C=O) groups is 3. The fourth-order valence-corrected chi connectivity index (χ4v) is 3.59. The van der Waals surface area contributed by atoms with Crippen LogP contribution in [0.15, 0.2) is 42.6 Å². The molecule has 2 aliphatic heterocycles. The molecule has 4 amide bonds. The van der Waals surface area contributed by atoms with Crippen LogP contribution in [0.5, 0.6) is 0 Å². The summed E-state index contributed by atoms with van der Waals surface area (Å²) in [5, 5.41) is 9.86. The number of nitrogens with one attached hydrogen (secondary N) is 2. The molecule has 9 nitrogen and oxygen atoms in total. The van der Waals surface area contributed by atoms with Crippen LogP contribution in [0, 0.1) is 0 Å². The van der Waals surface area contributed by atoms with Crippen molar-refractivity contribution in [3.8, 4) is 5.69 Å². The highest BCUT2D eigenvalue weighted by Crippen LogP contribution is 2.23. The van der Waals surface area contributed by atoms with Crippen LogP contribution in [-0.2, 0) is 9.59 Å². The maximum atomic E-state index is 12.4. The molecule has 27 heavy (non-hydrogen) atoms. The zero-order valence-electron chi connectivity index (χ0n) is 14.8. The summed E-state index contributed by atoms with van der Waals surface area (Å²) in [6.45, 7) is 0.430. The van der Waals surface area contributed by atoms with E-state index in [0.717, 1.165) is 5.69 Å². The van der Waals surface area contributed by atoms with Crippen molar-refractivity contribution in [3.63, 3.8) is 0 Å². The number of aromatic nitrogens is 2. The molecule has 2 atom stereocenters. The van der Waals surface area contributed by atoms with Crippen LogP contribution in [0.1, 0.15) is 6.42 Å². The van der Waals surface area contributed by atoms with Crippen LogP contribution in [0.3, 0.4) is 0 Å². The van der Waals surface area contributed by atoms with E-state index in [2.05, 4.69) is 15.7 Å². The summed E-state index contributed by atoms with van der Waals surface area (Å²) in [6.07, 6.45) is 2.02. The van der Waals surface area contributed by atoms with Gasteiger partial charge in [0.25, 0.3) is 0 Å². The predicted molar refractivity (Wildman–Crippen MR) is 97.3 cm³/mol. The van der Waals surface area contributed by atoms with Crippen LogP contribution >= 0.6 is 0 Å². The third-order valence-electron chi connectivity index (χ3n) is 4.88. The summed E-state index contributed by atoms with van der Waals surface area (Å²) in [4.78, 5) is 39.8. The fraction of sp³-hybridized carbons (Fsp3) is 0.333. The van der Waals surface area contributed by atoms with Crippen LogP contribution in [-0.4, -0.2) is 69.6 Å². The minimum absolute atomic E-state index is 0.0820. The highest BCUT2D eigenvalue weighted by atomic mass is 16.2. The second-order valence-electron chi connectivity index (χ2n) is 6.75. The summed E-state index contributed by atoms with van der Waals surface area (Å²) >= 11 is 0. The van der Waals surface area contributed by atoms with E-state index in [-0.39, 0.29) is 24.4 Å². The Balaban J connectivity index is 1.41. The Hall–Kier alpha value is -3.36. The first kappa shape index (κ1) is 17.1. The number of urea groups is 1. The second-order valence-corrected chi connectivity index (χ2v) is 6.75. The van der Waals surface area contributed by atoms with E-state index in [9.17, 15) is 14.4 Å². The van der Waals surface area contributed by atoms with Crippen molar-refractivity contribution in [1.82, 2.24) is 24.9 Å². The molecule has 0 saturated carbocycles. The topological polar surface area (TPSA) is 99.6 Å². The molecular formula is C18H20N6O3. The SMILES string of the molecule is CN1CC(=O)N2C[C@H](NC(=O)Nc3ccnn3-c3ccccc3)C[C@H]2C1=O.